The third-order valence-electron chi connectivity index (χ3n) is 5.47. The molecule has 1 saturated heterocycles. The highest BCUT2D eigenvalue weighted by Gasteiger charge is 2.29. The Morgan fingerprint density at radius 3 is 3.06 bits per heavy atom. The summed E-state index contributed by atoms with van der Waals surface area (Å²) >= 11 is 0. The summed E-state index contributed by atoms with van der Waals surface area (Å²) in [6, 6.07) is 2.90. The van der Waals surface area contributed by atoms with Gasteiger partial charge in [0.15, 0.2) is 0 Å². The van der Waals surface area contributed by atoms with Crippen LogP contribution in [0.4, 0.5) is 15.1 Å². The summed E-state index contributed by atoms with van der Waals surface area (Å²) in [5.41, 5.74) is 2.60. The Labute approximate surface area is 177 Å². The Hall–Kier alpha value is -3.24. The molecule has 3 aromatic rings. The van der Waals surface area contributed by atoms with Crippen LogP contribution in [0.1, 0.15) is 43.2 Å². The van der Waals surface area contributed by atoms with E-state index in [1.807, 2.05) is 6.92 Å². The van der Waals surface area contributed by atoms with Crippen molar-refractivity contribution in [2.45, 2.75) is 32.0 Å². The Morgan fingerprint density at radius 1 is 1.42 bits per heavy atom. The molecule has 2 amide bonds. The van der Waals surface area contributed by atoms with Gasteiger partial charge >= 0.3 is 6.03 Å². The number of nitrogens with zero attached hydrogens (tertiary/aromatic N) is 2. The zero-order valence-electron chi connectivity index (χ0n) is 16.9. The van der Waals surface area contributed by atoms with Crippen LogP contribution in [0.3, 0.4) is 0 Å². The van der Waals surface area contributed by atoms with Gasteiger partial charge in [0.1, 0.15) is 30.0 Å². The molecule has 4 N–H and O–H groups in total. The fourth-order valence-electron chi connectivity index (χ4n) is 4.05. The normalized spacial score (nSPS) is 20.0. The highest BCUT2D eigenvalue weighted by atomic mass is 19.1. The molecule has 2 aliphatic heterocycles. The van der Waals surface area contributed by atoms with Crippen molar-refractivity contribution in [1.82, 2.24) is 20.3 Å². The van der Waals surface area contributed by atoms with Crippen molar-refractivity contribution in [2.75, 3.05) is 25.1 Å². The van der Waals surface area contributed by atoms with Gasteiger partial charge in [0.25, 0.3) is 0 Å². The SMILES string of the molecule is CCNC(=O)Nc1nc2c(C3CCCO3)c(F)c(-c3cnc4c(c3)OCC4O)cc2[nH]1. The van der Waals surface area contributed by atoms with Crippen LogP contribution in [-0.2, 0) is 4.74 Å². The summed E-state index contributed by atoms with van der Waals surface area (Å²) in [6.07, 6.45) is 1.82. The number of hydrogen-bond acceptors (Lipinski definition) is 6. The number of halogens is 1. The minimum atomic E-state index is -0.783. The maximum atomic E-state index is 15.8. The third-order valence-corrected chi connectivity index (χ3v) is 5.47. The molecule has 162 valence electrons. The smallest absolute Gasteiger partial charge is 0.321 e. The van der Waals surface area contributed by atoms with Crippen LogP contribution in [0.2, 0.25) is 0 Å². The van der Waals surface area contributed by atoms with Gasteiger partial charge in [-0.25, -0.2) is 14.2 Å². The van der Waals surface area contributed by atoms with Gasteiger partial charge in [0.2, 0.25) is 5.95 Å². The number of rotatable bonds is 4. The number of carbonyl (C=O) groups excluding carboxylic acids is 1. The lowest BCUT2D eigenvalue weighted by Crippen LogP contribution is -2.28. The van der Waals surface area contributed by atoms with Crippen molar-refractivity contribution < 1.29 is 23.8 Å². The molecule has 1 aromatic carbocycles. The zero-order valence-corrected chi connectivity index (χ0v) is 16.9. The van der Waals surface area contributed by atoms with E-state index in [2.05, 4.69) is 25.6 Å². The molecule has 2 atom stereocenters. The molecule has 1 fully saturated rings. The molecule has 5 rings (SSSR count). The molecule has 2 aliphatic rings. The minimum Gasteiger partial charge on any atom is -0.488 e. The molecule has 0 saturated carbocycles. The summed E-state index contributed by atoms with van der Waals surface area (Å²) in [5.74, 6) is 0.206. The molecule has 0 bridgehead atoms. The van der Waals surface area contributed by atoms with Crippen molar-refractivity contribution in [3.8, 4) is 16.9 Å². The first-order valence-electron chi connectivity index (χ1n) is 10.2. The molecule has 0 aliphatic carbocycles. The first-order chi connectivity index (χ1) is 15.0. The van der Waals surface area contributed by atoms with Crippen molar-refractivity contribution in [2.24, 2.45) is 0 Å². The van der Waals surface area contributed by atoms with E-state index in [1.54, 1.807) is 12.1 Å². The van der Waals surface area contributed by atoms with E-state index in [0.29, 0.717) is 58.7 Å². The van der Waals surface area contributed by atoms with Gasteiger partial charge in [-0.15, -0.1) is 0 Å². The van der Waals surface area contributed by atoms with Crippen molar-refractivity contribution in [3.05, 3.63) is 35.4 Å². The number of urea groups is 1. The van der Waals surface area contributed by atoms with E-state index >= 15 is 4.39 Å². The molecular formula is C21H22FN5O4. The Morgan fingerprint density at radius 2 is 2.29 bits per heavy atom. The second kappa shape index (κ2) is 7.78. The standard InChI is InChI=1S/C21H22FN5O4/c1-2-23-21(29)27-20-25-12-7-11(10-6-15-19(24-8-10)13(28)9-31-15)17(22)16(18(12)26-20)14-4-3-5-30-14/h6-8,13-14,28H,2-5,9H2,1H3,(H3,23,25,26,27,29). The monoisotopic (exact) mass is 427 g/mol. The number of fused-ring (bicyclic) bond motifs is 2. The van der Waals surface area contributed by atoms with Gasteiger partial charge in [-0.2, -0.15) is 0 Å². The number of H-pyrrole nitrogens is 1. The molecule has 10 heteroatoms. The Balaban J connectivity index is 1.63. The highest BCUT2D eigenvalue weighted by Crippen LogP contribution is 2.41. The predicted molar refractivity (Wildman–Crippen MR) is 110 cm³/mol. The number of hydrogen-bond donors (Lipinski definition) is 4. The quantitative estimate of drug-likeness (QED) is 0.507. The lowest BCUT2D eigenvalue weighted by Gasteiger charge is -2.15. The summed E-state index contributed by atoms with van der Waals surface area (Å²) in [7, 11) is 0. The van der Waals surface area contributed by atoms with Crippen molar-refractivity contribution >= 4 is 23.0 Å². The van der Waals surface area contributed by atoms with E-state index in [9.17, 15) is 9.90 Å². The maximum Gasteiger partial charge on any atom is 0.321 e. The van der Waals surface area contributed by atoms with Crippen molar-refractivity contribution in [3.63, 3.8) is 0 Å². The molecule has 4 heterocycles. The Bertz CT molecular complexity index is 1160. The third kappa shape index (κ3) is 3.47. The van der Waals surface area contributed by atoms with Crippen molar-refractivity contribution in [1.29, 1.82) is 0 Å². The van der Waals surface area contributed by atoms with Gasteiger partial charge in [-0.3, -0.25) is 10.3 Å². The second-order valence-corrected chi connectivity index (χ2v) is 7.55. The van der Waals surface area contributed by atoms with E-state index in [0.717, 1.165) is 6.42 Å². The Kier molecular flexibility index (Phi) is 4.95. The van der Waals surface area contributed by atoms with Gasteiger partial charge in [-0.05, 0) is 31.9 Å². The maximum absolute atomic E-state index is 15.8. The molecular weight excluding hydrogens is 405 g/mol. The largest absolute Gasteiger partial charge is 0.488 e. The number of aliphatic hydroxyl groups excluding tert-OH is 1. The molecule has 0 radical (unpaired) electrons. The summed E-state index contributed by atoms with van der Waals surface area (Å²) in [4.78, 5) is 23.6. The molecule has 0 spiro atoms. The van der Waals surface area contributed by atoms with Crippen LogP contribution in [0.15, 0.2) is 18.3 Å². The number of amides is 2. The van der Waals surface area contributed by atoms with E-state index in [-0.39, 0.29) is 12.6 Å². The van der Waals surface area contributed by atoms with Gasteiger partial charge in [0.05, 0.1) is 17.1 Å². The summed E-state index contributed by atoms with van der Waals surface area (Å²) < 4.78 is 27.0. The lowest BCUT2D eigenvalue weighted by molar-refractivity contribution is 0.110. The van der Waals surface area contributed by atoms with Crippen LogP contribution >= 0.6 is 0 Å². The first-order valence-corrected chi connectivity index (χ1v) is 10.2. The van der Waals surface area contributed by atoms with E-state index < -0.39 is 24.1 Å². The molecule has 2 unspecified atom stereocenters. The van der Waals surface area contributed by atoms with Gasteiger partial charge < -0.3 is 24.9 Å². The van der Waals surface area contributed by atoms with Crippen LogP contribution in [-0.4, -0.2) is 45.8 Å². The highest BCUT2D eigenvalue weighted by molar-refractivity contribution is 5.92. The number of aromatic nitrogens is 3. The minimum absolute atomic E-state index is 0.129. The molecule has 9 nitrogen and oxygen atoms in total. The summed E-state index contributed by atoms with van der Waals surface area (Å²) in [5, 5.41) is 15.2. The average molecular weight is 427 g/mol. The number of nitrogens with one attached hydrogen (secondary N) is 3. The van der Waals surface area contributed by atoms with Crippen LogP contribution in [0, 0.1) is 5.82 Å². The zero-order chi connectivity index (χ0) is 21.5. The lowest BCUT2D eigenvalue weighted by atomic mass is 9.97. The van der Waals surface area contributed by atoms with Crippen LogP contribution < -0.4 is 15.4 Å². The van der Waals surface area contributed by atoms with Crippen LogP contribution in [0.25, 0.3) is 22.2 Å². The van der Waals surface area contributed by atoms with Gasteiger partial charge in [-0.1, -0.05) is 0 Å². The topological polar surface area (TPSA) is 121 Å². The molecule has 31 heavy (non-hydrogen) atoms. The fraction of sp³-hybridized carbons (Fsp3) is 0.381. The predicted octanol–water partition coefficient (Wildman–Crippen LogP) is 3.18. The first kappa shape index (κ1) is 19.7. The number of imidazole rings is 1. The summed E-state index contributed by atoms with van der Waals surface area (Å²) in [6.45, 7) is 2.96. The number of pyridine rings is 1. The average Bonchev–Trinajstić information content (AvgIpc) is 3.48. The molecule has 2 aromatic heterocycles. The number of anilines is 1. The van der Waals surface area contributed by atoms with Gasteiger partial charge in [0, 0.05) is 36.0 Å². The van der Waals surface area contributed by atoms with Crippen LogP contribution in [0.5, 0.6) is 5.75 Å². The fourth-order valence-corrected chi connectivity index (χ4v) is 4.05. The number of aromatic amines is 1. The second-order valence-electron chi connectivity index (χ2n) is 7.55. The van der Waals surface area contributed by atoms with E-state index in [4.69, 9.17) is 9.47 Å². The number of ether oxygens (including phenoxy) is 2. The number of aliphatic hydroxyl groups is 1. The number of benzene rings is 1. The van der Waals surface area contributed by atoms with E-state index in [1.165, 1.54) is 6.20 Å². The number of carbonyl (C=O) groups is 1.